The Bertz CT molecular complexity index is 271. The Morgan fingerprint density at radius 1 is 1.20 bits per heavy atom. The number of hydrogen-bond donors (Lipinski definition) is 0. The molecule has 0 saturated heterocycles. The molecule has 0 bridgehead atoms. The molecule has 6 nitrogen and oxygen atoms in total. The second-order valence-corrected chi connectivity index (χ2v) is 7.53. The van der Waals surface area contributed by atoms with E-state index in [0.717, 1.165) is 17.1 Å². The van der Waals surface area contributed by atoms with Crippen LogP contribution in [-0.2, 0) is 27.2 Å². The molecule has 120 valence electrons. The molecule has 1 atom stereocenters. The zero-order valence-electron chi connectivity index (χ0n) is 13.6. The Kier molecular flexibility index (Phi) is 13.3. The highest BCUT2D eigenvalue weighted by Crippen LogP contribution is 2.19. The first-order valence-corrected chi connectivity index (χ1v) is 9.01. The first kappa shape index (κ1) is 21.8. The summed E-state index contributed by atoms with van der Waals surface area (Å²) in [5.41, 5.74) is -0.179. The Morgan fingerprint density at radius 3 is 1.80 bits per heavy atom. The summed E-state index contributed by atoms with van der Waals surface area (Å²) in [4.78, 5) is 11.4. The number of esters is 1. The summed E-state index contributed by atoms with van der Waals surface area (Å²) in [7, 11) is 2.40. The topological polar surface area (TPSA) is 63.2 Å². The van der Waals surface area contributed by atoms with Gasteiger partial charge in [-0.05, 0) is 20.3 Å². The average molecular weight is 325 g/mol. The summed E-state index contributed by atoms with van der Waals surface area (Å²) in [6.45, 7) is 9.85. The van der Waals surface area contributed by atoms with Crippen molar-refractivity contribution >= 4 is 25.3 Å². The van der Waals surface area contributed by atoms with Crippen LogP contribution in [0.3, 0.4) is 0 Å². The lowest BCUT2D eigenvalue weighted by Gasteiger charge is -2.31. The molecule has 0 aliphatic carbocycles. The van der Waals surface area contributed by atoms with Crippen molar-refractivity contribution < 1.29 is 27.2 Å². The Hall–Kier alpha value is -0.516. The highest BCUT2D eigenvalue weighted by molar-refractivity contribution is 6.62. The van der Waals surface area contributed by atoms with Gasteiger partial charge in [0.05, 0.1) is 0 Å². The van der Waals surface area contributed by atoms with Gasteiger partial charge < -0.3 is 22.4 Å². The van der Waals surface area contributed by atoms with E-state index in [1.807, 2.05) is 13.8 Å². The van der Waals surface area contributed by atoms with Gasteiger partial charge in [0.1, 0.15) is 10.5 Å². The van der Waals surface area contributed by atoms with Crippen LogP contribution >= 0.6 is 0 Å². The number of hydrogen-bond acceptors (Lipinski definition) is 6. The van der Waals surface area contributed by atoms with Crippen molar-refractivity contribution in [1.29, 1.82) is 0 Å². The predicted octanol–water partition coefficient (Wildman–Crippen LogP) is 0.605. The molecule has 0 aliphatic rings. The summed E-state index contributed by atoms with van der Waals surface area (Å²) in [6, 6.07) is 0. The maximum absolute atomic E-state index is 11.4. The minimum Gasteiger partial charge on any atom is -0.454 e. The van der Waals surface area contributed by atoms with Crippen LogP contribution in [0, 0.1) is 0 Å². The molecule has 0 aromatic heterocycles. The SMILES string of the molecule is C=C(C)C(=O)OC(CC)[Si](OC)(OC)OC.CCO[SiH3]. The van der Waals surface area contributed by atoms with Crippen molar-refractivity contribution in [2.45, 2.75) is 32.9 Å². The van der Waals surface area contributed by atoms with Gasteiger partial charge in [-0.1, -0.05) is 13.5 Å². The van der Waals surface area contributed by atoms with E-state index in [-0.39, 0.29) is 0 Å². The smallest absolute Gasteiger partial charge is 0.454 e. The quantitative estimate of drug-likeness (QED) is 0.370. The van der Waals surface area contributed by atoms with Gasteiger partial charge in [-0.3, -0.25) is 0 Å². The third-order valence-corrected chi connectivity index (χ3v) is 6.10. The second-order valence-electron chi connectivity index (χ2n) is 3.88. The van der Waals surface area contributed by atoms with Crippen LogP contribution in [0.2, 0.25) is 0 Å². The molecule has 1 unspecified atom stereocenters. The standard InChI is InChI=1S/C10H20O5Si.C2H8OSi/c1-7-9(15-10(11)8(2)3)16(12-4,13-5)14-6;1-2-3-4/h9H,2,7H2,1,3-6H3;2H2,1,4H3. The third-order valence-electron chi connectivity index (χ3n) is 2.51. The fourth-order valence-electron chi connectivity index (χ4n) is 1.28. The molecule has 0 amide bonds. The highest BCUT2D eigenvalue weighted by atomic mass is 28.4. The van der Waals surface area contributed by atoms with Crippen molar-refractivity contribution in [3.05, 3.63) is 12.2 Å². The lowest BCUT2D eigenvalue weighted by molar-refractivity contribution is -0.143. The fraction of sp³-hybridized carbons (Fsp3) is 0.750. The summed E-state index contributed by atoms with van der Waals surface area (Å²) in [5, 5.41) is 0. The van der Waals surface area contributed by atoms with Gasteiger partial charge in [0.2, 0.25) is 0 Å². The molecule has 0 aromatic carbocycles. The van der Waals surface area contributed by atoms with Crippen LogP contribution in [0.4, 0.5) is 0 Å². The summed E-state index contributed by atoms with van der Waals surface area (Å²) < 4.78 is 25.7. The monoisotopic (exact) mass is 324 g/mol. The van der Waals surface area contributed by atoms with Gasteiger partial charge >= 0.3 is 14.8 Å². The molecule has 0 spiro atoms. The molecule has 0 radical (unpaired) electrons. The van der Waals surface area contributed by atoms with Gasteiger partial charge in [0.15, 0.2) is 5.73 Å². The zero-order valence-corrected chi connectivity index (χ0v) is 16.6. The summed E-state index contributed by atoms with van der Waals surface area (Å²) in [6.07, 6.45) is 0.556. The van der Waals surface area contributed by atoms with E-state index < -0.39 is 20.5 Å². The van der Waals surface area contributed by atoms with E-state index in [9.17, 15) is 4.79 Å². The van der Waals surface area contributed by atoms with Gasteiger partial charge in [-0.2, -0.15) is 0 Å². The Balaban J connectivity index is 0. The molecule has 0 rings (SSSR count). The first-order valence-electron chi connectivity index (χ1n) is 6.39. The van der Waals surface area contributed by atoms with Gasteiger partial charge in [0.25, 0.3) is 0 Å². The lowest BCUT2D eigenvalue weighted by Crippen LogP contribution is -2.56. The van der Waals surface area contributed by atoms with E-state index >= 15 is 0 Å². The van der Waals surface area contributed by atoms with E-state index in [1.54, 1.807) is 6.92 Å². The average Bonchev–Trinajstić information content (AvgIpc) is 2.48. The molecule has 0 fully saturated rings. The van der Waals surface area contributed by atoms with Crippen LogP contribution in [0.15, 0.2) is 12.2 Å². The fourth-order valence-corrected chi connectivity index (χ4v) is 3.32. The van der Waals surface area contributed by atoms with E-state index in [1.165, 1.54) is 21.3 Å². The molecule has 8 heteroatoms. The highest BCUT2D eigenvalue weighted by Gasteiger charge is 2.49. The molecular weight excluding hydrogens is 296 g/mol. The molecule has 0 N–H and O–H groups in total. The lowest BCUT2D eigenvalue weighted by atomic mass is 10.4. The maximum Gasteiger partial charge on any atom is 0.543 e. The van der Waals surface area contributed by atoms with Crippen LogP contribution in [0.25, 0.3) is 0 Å². The van der Waals surface area contributed by atoms with Crippen molar-refractivity contribution in [3.63, 3.8) is 0 Å². The summed E-state index contributed by atoms with van der Waals surface area (Å²) in [5.74, 6) is -0.463. The van der Waals surface area contributed by atoms with Gasteiger partial charge in [0, 0.05) is 33.5 Å². The molecular formula is C12H28O6Si2. The van der Waals surface area contributed by atoms with E-state index in [0.29, 0.717) is 12.0 Å². The second kappa shape index (κ2) is 12.2. The molecule has 0 heterocycles. The number of carbonyl (C=O) groups is 1. The van der Waals surface area contributed by atoms with Gasteiger partial charge in [-0.25, -0.2) is 4.79 Å². The predicted molar refractivity (Wildman–Crippen MR) is 83.3 cm³/mol. The number of ether oxygens (including phenoxy) is 1. The van der Waals surface area contributed by atoms with Crippen LogP contribution in [0.5, 0.6) is 0 Å². The van der Waals surface area contributed by atoms with Crippen molar-refractivity contribution in [3.8, 4) is 0 Å². The third kappa shape index (κ3) is 7.32. The van der Waals surface area contributed by atoms with Crippen LogP contribution in [0.1, 0.15) is 27.2 Å². The first-order chi connectivity index (χ1) is 9.38. The zero-order chi connectivity index (χ0) is 16.2. The Labute approximate surface area is 126 Å². The summed E-state index contributed by atoms with van der Waals surface area (Å²) >= 11 is 0. The Morgan fingerprint density at radius 2 is 1.60 bits per heavy atom. The van der Waals surface area contributed by atoms with Crippen LogP contribution in [-0.4, -0.2) is 58.9 Å². The molecule has 0 aliphatic heterocycles. The van der Waals surface area contributed by atoms with Gasteiger partial charge in [-0.15, -0.1) is 0 Å². The molecule has 20 heavy (non-hydrogen) atoms. The normalized spacial score (nSPS) is 12.3. The van der Waals surface area contributed by atoms with E-state index in [2.05, 4.69) is 11.0 Å². The van der Waals surface area contributed by atoms with Crippen molar-refractivity contribution in [2.24, 2.45) is 0 Å². The van der Waals surface area contributed by atoms with Crippen molar-refractivity contribution in [2.75, 3.05) is 27.9 Å². The minimum atomic E-state index is -2.94. The van der Waals surface area contributed by atoms with E-state index in [4.69, 9.17) is 18.0 Å². The minimum absolute atomic E-state index is 0.338. The van der Waals surface area contributed by atoms with Crippen LogP contribution < -0.4 is 0 Å². The van der Waals surface area contributed by atoms with Crippen molar-refractivity contribution in [1.82, 2.24) is 0 Å². The molecule has 0 saturated carbocycles. The molecule has 0 aromatic rings. The number of carbonyl (C=O) groups excluding carboxylic acids is 1. The largest absolute Gasteiger partial charge is 0.543 e. The maximum atomic E-state index is 11.4. The number of rotatable bonds is 8.